The second-order valence-electron chi connectivity index (χ2n) is 4.46. The second kappa shape index (κ2) is 5.24. The molecule has 0 aliphatic heterocycles. The van der Waals surface area contributed by atoms with Crippen LogP contribution in [0.15, 0.2) is 42.7 Å². The number of hydrogen-bond acceptors (Lipinski definition) is 4. The van der Waals surface area contributed by atoms with Crippen molar-refractivity contribution in [2.45, 2.75) is 13.5 Å². The van der Waals surface area contributed by atoms with Crippen LogP contribution in [0.5, 0.6) is 11.5 Å². The molecule has 6 nitrogen and oxygen atoms in total. The maximum absolute atomic E-state index is 11.2. The zero-order chi connectivity index (χ0) is 14.8. The van der Waals surface area contributed by atoms with Crippen LogP contribution in [0.1, 0.15) is 17.4 Å². The summed E-state index contributed by atoms with van der Waals surface area (Å²) in [6, 6.07) is 8.68. The molecule has 6 heteroatoms. The molecule has 106 valence electrons. The highest BCUT2D eigenvalue weighted by atomic mass is 16.5. The zero-order valence-corrected chi connectivity index (χ0v) is 11.4. The average molecular weight is 283 g/mol. The van der Waals surface area contributed by atoms with Gasteiger partial charge in [-0.1, -0.05) is 12.1 Å². The first-order valence-corrected chi connectivity index (χ1v) is 6.50. The number of nitrogens with zero attached hydrogens (tertiary/aromatic N) is 3. The zero-order valence-electron chi connectivity index (χ0n) is 11.4. The van der Waals surface area contributed by atoms with Crippen molar-refractivity contribution in [2.75, 3.05) is 0 Å². The minimum absolute atomic E-state index is 0.0495. The number of pyridine rings is 1. The van der Waals surface area contributed by atoms with Crippen molar-refractivity contribution in [3.63, 3.8) is 0 Å². The van der Waals surface area contributed by atoms with Crippen molar-refractivity contribution in [3.05, 3.63) is 48.4 Å². The molecule has 0 spiro atoms. The van der Waals surface area contributed by atoms with E-state index < -0.39 is 5.97 Å². The molecule has 3 aromatic rings. The number of hydrogen-bond donors (Lipinski definition) is 1. The van der Waals surface area contributed by atoms with Crippen molar-refractivity contribution in [1.82, 2.24) is 14.8 Å². The number of aromatic carboxylic acids is 1. The first-order valence-electron chi connectivity index (χ1n) is 6.50. The molecule has 0 bridgehead atoms. The number of carbonyl (C=O) groups is 1. The minimum Gasteiger partial charge on any atom is -0.477 e. The van der Waals surface area contributed by atoms with Gasteiger partial charge in [0.15, 0.2) is 11.4 Å². The maximum Gasteiger partial charge on any atom is 0.354 e. The molecule has 0 radical (unpaired) electrons. The van der Waals surface area contributed by atoms with E-state index >= 15 is 0 Å². The predicted octanol–water partition coefficient (Wildman–Crippen LogP) is 2.94. The Labute approximate surface area is 120 Å². The van der Waals surface area contributed by atoms with Gasteiger partial charge in [-0.25, -0.2) is 9.78 Å². The molecule has 0 aliphatic carbocycles. The Hall–Kier alpha value is -2.89. The molecular weight excluding hydrogens is 270 g/mol. The topological polar surface area (TPSA) is 77.2 Å². The molecule has 0 aliphatic rings. The fraction of sp³-hybridized carbons (Fsp3) is 0.133. The number of rotatable bonds is 4. The van der Waals surface area contributed by atoms with Gasteiger partial charge in [0.1, 0.15) is 5.75 Å². The number of fused-ring (bicyclic) bond motifs is 1. The summed E-state index contributed by atoms with van der Waals surface area (Å²) in [5, 5.41) is 14.0. The summed E-state index contributed by atoms with van der Waals surface area (Å²) < 4.78 is 7.51. The summed E-state index contributed by atoms with van der Waals surface area (Å²) in [5.74, 6) is -0.0759. The van der Waals surface area contributed by atoms with E-state index in [1.165, 1.54) is 6.07 Å². The molecule has 1 N–H and O–H groups in total. The van der Waals surface area contributed by atoms with E-state index in [1.54, 1.807) is 29.2 Å². The third-order valence-electron chi connectivity index (χ3n) is 3.06. The molecule has 3 rings (SSSR count). The summed E-state index contributed by atoms with van der Waals surface area (Å²) in [6.45, 7) is 2.71. The molecule has 2 aromatic heterocycles. The van der Waals surface area contributed by atoms with Crippen LogP contribution in [0.3, 0.4) is 0 Å². The highest BCUT2D eigenvalue weighted by Gasteiger charge is 2.12. The number of carboxylic acid groups (broad SMARTS) is 1. The Kier molecular flexibility index (Phi) is 3.27. The van der Waals surface area contributed by atoms with Crippen LogP contribution >= 0.6 is 0 Å². The van der Waals surface area contributed by atoms with Crippen LogP contribution in [0, 0.1) is 0 Å². The van der Waals surface area contributed by atoms with Gasteiger partial charge in [0, 0.05) is 18.0 Å². The number of aryl methyl sites for hydroxylation is 1. The van der Waals surface area contributed by atoms with Gasteiger partial charge in [0.05, 0.1) is 17.9 Å². The molecule has 21 heavy (non-hydrogen) atoms. The third kappa shape index (κ3) is 2.55. The average Bonchev–Trinajstić information content (AvgIpc) is 2.94. The van der Waals surface area contributed by atoms with E-state index in [0.717, 1.165) is 11.9 Å². The molecular formula is C15H13N3O3. The van der Waals surface area contributed by atoms with Crippen molar-refractivity contribution in [1.29, 1.82) is 0 Å². The van der Waals surface area contributed by atoms with Crippen molar-refractivity contribution in [3.8, 4) is 11.5 Å². The van der Waals surface area contributed by atoms with E-state index in [1.807, 2.05) is 19.1 Å². The van der Waals surface area contributed by atoms with Crippen molar-refractivity contribution < 1.29 is 14.6 Å². The van der Waals surface area contributed by atoms with Gasteiger partial charge >= 0.3 is 5.97 Å². The SMILES string of the molecule is CCn1cc(Oc2cc(C(=O)O)nc3ccccc23)cn1. The van der Waals surface area contributed by atoms with Gasteiger partial charge in [-0.05, 0) is 19.1 Å². The number of benzene rings is 1. The Bertz CT molecular complexity index is 811. The van der Waals surface area contributed by atoms with Crippen LogP contribution in [0.25, 0.3) is 10.9 Å². The number of carboxylic acids is 1. The second-order valence-corrected chi connectivity index (χ2v) is 4.46. The first-order chi connectivity index (χ1) is 10.2. The minimum atomic E-state index is -1.09. The van der Waals surface area contributed by atoms with E-state index in [4.69, 9.17) is 9.84 Å². The van der Waals surface area contributed by atoms with Gasteiger partial charge in [-0.3, -0.25) is 4.68 Å². The molecule has 1 aromatic carbocycles. The Morgan fingerprint density at radius 1 is 1.38 bits per heavy atom. The Morgan fingerprint density at radius 3 is 2.90 bits per heavy atom. The standard InChI is InChI=1S/C15H13N3O3/c1-2-18-9-10(8-16-18)21-14-7-13(15(19)20)17-12-6-4-3-5-11(12)14/h3-9H,2H2,1H3,(H,19,20). The largest absolute Gasteiger partial charge is 0.477 e. The molecule has 0 unspecified atom stereocenters. The fourth-order valence-corrected chi connectivity index (χ4v) is 2.03. The predicted molar refractivity (Wildman–Crippen MR) is 76.7 cm³/mol. The lowest BCUT2D eigenvalue weighted by Gasteiger charge is -2.08. The van der Waals surface area contributed by atoms with Crippen LogP contribution in [-0.4, -0.2) is 25.8 Å². The molecule has 0 amide bonds. The van der Waals surface area contributed by atoms with Crippen LogP contribution in [-0.2, 0) is 6.54 Å². The van der Waals surface area contributed by atoms with Crippen LogP contribution < -0.4 is 4.74 Å². The van der Waals surface area contributed by atoms with Gasteiger partial charge in [-0.15, -0.1) is 0 Å². The monoisotopic (exact) mass is 283 g/mol. The summed E-state index contributed by atoms with van der Waals surface area (Å²) in [7, 11) is 0. The molecule has 0 saturated heterocycles. The van der Waals surface area contributed by atoms with Crippen molar-refractivity contribution in [2.24, 2.45) is 0 Å². The van der Waals surface area contributed by atoms with Gasteiger partial charge < -0.3 is 9.84 Å². The van der Waals surface area contributed by atoms with Gasteiger partial charge in [-0.2, -0.15) is 5.10 Å². The van der Waals surface area contributed by atoms with Gasteiger partial charge in [0.25, 0.3) is 0 Å². The smallest absolute Gasteiger partial charge is 0.354 e. The van der Waals surface area contributed by atoms with E-state index in [-0.39, 0.29) is 5.69 Å². The highest BCUT2D eigenvalue weighted by Crippen LogP contribution is 2.29. The number of ether oxygens (including phenoxy) is 1. The summed E-state index contributed by atoms with van der Waals surface area (Å²) in [6.07, 6.45) is 3.36. The Morgan fingerprint density at radius 2 is 2.19 bits per heavy atom. The fourth-order valence-electron chi connectivity index (χ4n) is 2.03. The van der Waals surface area contributed by atoms with E-state index in [2.05, 4.69) is 10.1 Å². The lowest BCUT2D eigenvalue weighted by Crippen LogP contribution is -2.01. The maximum atomic E-state index is 11.2. The molecule has 0 saturated carbocycles. The molecule has 2 heterocycles. The Balaban J connectivity index is 2.09. The van der Waals surface area contributed by atoms with E-state index in [9.17, 15) is 4.79 Å². The van der Waals surface area contributed by atoms with Gasteiger partial charge in [0.2, 0.25) is 0 Å². The normalized spacial score (nSPS) is 10.7. The highest BCUT2D eigenvalue weighted by molar-refractivity contribution is 5.93. The number of aromatic nitrogens is 3. The summed E-state index contributed by atoms with van der Waals surface area (Å²) in [4.78, 5) is 15.3. The molecule has 0 fully saturated rings. The summed E-state index contributed by atoms with van der Waals surface area (Å²) >= 11 is 0. The summed E-state index contributed by atoms with van der Waals surface area (Å²) in [5.41, 5.74) is 0.530. The van der Waals surface area contributed by atoms with Crippen LogP contribution in [0.4, 0.5) is 0 Å². The lowest BCUT2D eigenvalue weighted by atomic mass is 10.2. The quantitative estimate of drug-likeness (QED) is 0.796. The first kappa shape index (κ1) is 13.1. The lowest BCUT2D eigenvalue weighted by molar-refractivity contribution is 0.0690. The number of para-hydroxylation sites is 1. The van der Waals surface area contributed by atoms with E-state index in [0.29, 0.717) is 17.0 Å². The van der Waals surface area contributed by atoms with Crippen LogP contribution in [0.2, 0.25) is 0 Å². The molecule has 0 atom stereocenters. The van der Waals surface area contributed by atoms with Crippen molar-refractivity contribution >= 4 is 16.9 Å². The third-order valence-corrected chi connectivity index (χ3v) is 3.06.